The van der Waals surface area contributed by atoms with Crippen LogP contribution in [0, 0.1) is 0 Å². The Bertz CT molecular complexity index is 946. The molecule has 0 aliphatic heterocycles. The maximum Gasteiger partial charge on any atom is 0.283 e. The predicted molar refractivity (Wildman–Crippen MR) is 86.8 cm³/mol. The van der Waals surface area contributed by atoms with Gasteiger partial charge in [0.25, 0.3) is 5.56 Å². The molecule has 0 saturated carbocycles. The number of anilines is 1. The number of para-hydroxylation sites is 2. The van der Waals surface area contributed by atoms with Crippen LogP contribution in [0.15, 0.2) is 35.4 Å². The van der Waals surface area contributed by atoms with Crippen molar-refractivity contribution < 1.29 is 9.53 Å². The van der Waals surface area contributed by atoms with Crippen LogP contribution in [0.2, 0.25) is 0 Å². The maximum atomic E-state index is 12.3. The average Bonchev–Trinajstić information content (AvgIpc) is 2.94. The summed E-state index contributed by atoms with van der Waals surface area (Å²) in [7, 11) is 1.64. The molecule has 1 amide bonds. The van der Waals surface area contributed by atoms with Crippen LogP contribution in [0.25, 0.3) is 11.2 Å². The molecule has 124 valence electrons. The number of fused-ring (bicyclic) bond motifs is 1. The van der Waals surface area contributed by atoms with Crippen LogP contribution in [-0.2, 0) is 18.4 Å². The van der Waals surface area contributed by atoms with Gasteiger partial charge in [-0.15, -0.1) is 5.10 Å². The van der Waals surface area contributed by atoms with E-state index in [9.17, 15) is 9.59 Å². The van der Waals surface area contributed by atoms with E-state index in [2.05, 4.69) is 20.6 Å². The number of aryl methyl sites for hydroxylation is 1. The third kappa shape index (κ3) is 2.96. The van der Waals surface area contributed by atoms with Crippen molar-refractivity contribution in [2.75, 3.05) is 11.9 Å². The molecule has 0 unspecified atom stereocenters. The van der Waals surface area contributed by atoms with Crippen LogP contribution in [0.5, 0.6) is 5.75 Å². The molecular weight excluding hydrogens is 312 g/mol. The zero-order chi connectivity index (χ0) is 17.1. The number of hydrogen-bond donors (Lipinski definition) is 1. The lowest BCUT2D eigenvalue weighted by Gasteiger charge is -2.11. The van der Waals surface area contributed by atoms with Gasteiger partial charge in [-0.25, -0.2) is 9.67 Å². The Morgan fingerprint density at radius 1 is 1.33 bits per heavy atom. The van der Waals surface area contributed by atoms with E-state index < -0.39 is 5.56 Å². The van der Waals surface area contributed by atoms with Gasteiger partial charge in [0, 0.05) is 7.05 Å². The molecule has 2 aromatic heterocycles. The maximum absolute atomic E-state index is 12.3. The van der Waals surface area contributed by atoms with E-state index >= 15 is 0 Å². The second-order valence-corrected chi connectivity index (χ2v) is 5.04. The molecular formula is C15H16N6O3. The van der Waals surface area contributed by atoms with E-state index in [0.717, 1.165) is 0 Å². The number of hydrogen-bond acceptors (Lipinski definition) is 6. The van der Waals surface area contributed by atoms with Gasteiger partial charge in [-0.1, -0.05) is 17.3 Å². The minimum atomic E-state index is -0.415. The summed E-state index contributed by atoms with van der Waals surface area (Å²) in [6, 6.07) is 7.10. The molecule has 2 heterocycles. The Balaban J connectivity index is 1.81. The van der Waals surface area contributed by atoms with Crippen LogP contribution in [0.4, 0.5) is 5.69 Å². The summed E-state index contributed by atoms with van der Waals surface area (Å²) in [6.07, 6.45) is 1.31. The van der Waals surface area contributed by atoms with Gasteiger partial charge >= 0.3 is 0 Å². The quantitative estimate of drug-likeness (QED) is 0.734. The highest BCUT2D eigenvalue weighted by molar-refractivity contribution is 5.92. The predicted octanol–water partition coefficient (Wildman–Crippen LogP) is 0.562. The van der Waals surface area contributed by atoms with E-state index in [1.54, 1.807) is 25.2 Å². The monoisotopic (exact) mass is 328 g/mol. The molecule has 24 heavy (non-hydrogen) atoms. The van der Waals surface area contributed by atoms with Gasteiger partial charge in [0.05, 0.1) is 12.3 Å². The van der Waals surface area contributed by atoms with Crippen LogP contribution in [-0.4, -0.2) is 37.1 Å². The highest BCUT2D eigenvalue weighted by Crippen LogP contribution is 2.23. The van der Waals surface area contributed by atoms with Crippen molar-refractivity contribution in [3.8, 4) is 5.75 Å². The number of benzene rings is 1. The molecule has 0 radical (unpaired) electrons. The van der Waals surface area contributed by atoms with Crippen LogP contribution >= 0.6 is 0 Å². The molecule has 3 aromatic rings. The Hall–Kier alpha value is -3.23. The molecule has 1 aromatic carbocycles. The SMILES string of the molecule is CCOc1ccccc1NC(=O)Cn1cnc2c(nnn2C)c1=O. The average molecular weight is 328 g/mol. The fourth-order valence-electron chi connectivity index (χ4n) is 2.26. The molecule has 0 fully saturated rings. The molecule has 0 bridgehead atoms. The van der Waals surface area contributed by atoms with Gasteiger partial charge in [-0.2, -0.15) is 0 Å². The molecule has 1 N–H and O–H groups in total. The number of ether oxygens (including phenoxy) is 1. The summed E-state index contributed by atoms with van der Waals surface area (Å²) in [5, 5.41) is 10.3. The Kier molecular flexibility index (Phi) is 4.23. The lowest BCUT2D eigenvalue weighted by Crippen LogP contribution is -2.28. The van der Waals surface area contributed by atoms with Crippen molar-refractivity contribution in [2.24, 2.45) is 7.05 Å². The number of nitrogens with zero attached hydrogens (tertiary/aromatic N) is 5. The highest BCUT2D eigenvalue weighted by Gasteiger charge is 2.13. The molecule has 0 aliphatic carbocycles. The van der Waals surface area contributed by atoms with Gasteiger partial charge in [0.2, 0.25) is 5.91 Å². The Morgan fingerprint density at radius 2 is 2.12 bits per heavy atom. The van der Waals surface area contributed by atoms with Crippen molar-refractivity contribution in [2.45, 2.75) is 13.5 Å². The van der Waals surface area contributed by atoms with Crippen molar-refractivity contribution in [3.05, 3.63) is 40.9 Å². The first kappa shape index (κ1) is 15.7. The first-order valence-electron chi connectivity index (χ1n) is 7.36. The Labute approximate surface area is 136 Å². The standard InChI is InChI=1S/C15H16N6O3/c1-3-24-11-7-5-4-6-10(11)17-12(22)8-21-9-16-14-13(15(21)23)18-19-20(14)2/h4-7,9H,3,8H2,1-2H3,(H,17,22). The molecule has 3 rings (SSSR count). The van der Waals surface area contributed by atoms with Gasteiger partial charge in [-0.05, 0) is 19.1 Å². The van der Waals surface area contributed by atoms with Gasteiger partial charge in [-0.3, -0.25) is 14.2 Å². The van der Waals surface area contributed by atoms with E-state index in [1.165, 1.54) is 15.6 Å². The first-order valence-corrected chi connectivity index (χ1v) is 7.36. The van der Waals surface area contributed by atoms with Crippen LogP contribution in [0.1, 0.15) is 6.92 Å². The van der Waals surface area contributed by atoms with Crippen molar-refractivity contribution >= 4 is 22.8 Å². The molecule has 0 aliphatic rings. The molecule has 0 saturated heterocycles. The van der Waals surface area contributed by atoms with Crippen LogP contribution < -0.4 is 15.6 Å². The summed E-state index contributed by atoms with van der Waals surface area (Å²) in [4.78, 5) is 28.6. The third-order valence-corrected chi connectivity index (χ3v) is 3.35. The highest BCUT2D eigenvalue weighted by atomic mass is 16.5. The summed E-state index contributed by atoms with van der Waals surface area (Å²) >= 11 is 0. The first-order chi connectivity index (χ1) is 11.6. The van der Waals surface area contributed by atoms with Gasteiger partial charge in [0.15, 0.2) is 11.2 Å². The molecule has 9 heteroatoms. The van der Waals surface area contributed by atoms with E-state index in [4.69, 9.17) is 4.74 Å². The minimum absolute atomic E-state index is 0.127. The number of carbonyl (C=O) groups excluding carboxylic acids is 1. The zero-order valence-corrected chi connectivity index (χ0v) is 13.3. The van der Waals surface area contributed by atoms with Crippen LogP contribution in [0.3, 0.4) is 0 Å². The zero-order valence-electron chi connectivity index (χ0n) is 13.3. The largest absolute Gasteiger partial charge is 0.492 e. The van der Waals surface area contributed by atoms with E-state index in [-0.39, 0.29) is 18.0 Å². The van der Waals surface area contributed by atoms with Crippen molar-refractivity contribution in [1.29, 1.82) is 0 Å². The smallest absolute Gasteiger partial charge is 0.283 e. The molecule has 0 atom stereocenters. The summed E-state index contributed by atoms with van der Waals surface area (Å²) in [5.74, 6) is 0.206. The Morgan fingerprint density at radius 3 is 2.92 bits per heavy atom. The summed E-state index contributed by atoms with van der Waals surface area (Å²) in [5.41, 5.74) is 0.633. The number of rotatable bonds is 5. The number of aromatic nitrogens is 5. The fraction of sp³-hybridized carbons (Fsp3) is 0.267. The number of carbonyl (C=O) groups is 1. The summed E-state index contributed by atoms with van der Waals surface area (Å²) < 4.78 is 8.05. The lowest BCUT2D eigenvalue weighted by atomic mass is 10.3. The number of amides is 1. The minimum Gasteiger partial charge on any atom is -0.492 e. The molecule has 0 spiro atoms. The summed E-state index contributed by atoms with van der Waals surface area (Å²) in [6.45, 7) is 2.17. The van der Waals surface area contributed by atoms with E-state index in [0.29, 0.717) is 23.7 Å². The topological polar surface area (TPSA) is 104 Å². The van der Waals surface area contributed by atoms with Crippen molar-refractivity contribution in [1.82, 2.24) is 24.5 Å². The van der Waals surface area contributed by atoms with Gasteiger partial charge in [0.1, 0.15) is 18.6 Å². The fourth-order valence-corrected chi connectivity index (χ4v) is 2.26. The van der Waals surface area contributed by atoms with Gasteiger partial charge < -0.3 is 10.1 Å². The number of nitrogens with one attached hydrogen (secondary N) is 1. The molecule has 9 nitrogen and oxygen atoms in total. The van der Waals surface area contributed by atoms with Crippen molar-refractivity contribution in [3.63, 3.8) is 0 Å². The lowest BCUT2D eigenvalue weighted by molar-refractivity contribution is -0.116. The van der Waals surface area contributed by atoms with E-state index in [1.807, 2.05) is 13.0 Å². The second-order valence-electron chi connectivity index (χ2n) is 5.04. The second kappa shape index (κ2) is 6.49. The normalized spacial score (nSPS) is 10.8. The third-order valence-electron chi connectivity index (χ3n) is 3.35.